The lowest BCUT2D eigenvalue weighted by molar-refractivity contribution is -0.142. The van der Waals surface area contributed by atoms with E-state index in [0.29, 0.717) is 5.56 Å². The van der Waals surface area contributed by atoms with Crippen molar-refractivity contribution in [3.05, 3.63) is 35.4 Å². The lowest BCUT2D eigenvalue weighted by Crippen LogP contribution is -2.53. The van der Waals surface area contributed by atoms with Gasteiger partial charge in [-0.1, -0.05) is 43.2 Å². The van der Waals surface area contributed by atoms with Gasteiger partial charge < -0.3 is 26.0 Å². The number of likely N-dealkylation sites (N-methyl/N-ethyl adjacent to an activating group) is 1. The zero-order chi connectivity index (χ0) is 25.3. The number of alkyl carbamates (subject to hydrolysis) is 1. The zero-order valence-corrected chi connectivity index (χ0v) is 20.7. The second-order valence-electron chi connectivity index (χ2n) is 9.33. The van der Waals surface area contributed by atoms with Crippen LogP contribution in [0.4, 0.5) is 4.79 Å². The normalized spacial score (nSPS) is 13.9. The standard InChI is InChI=1S/C24H38N4O5/c1-8-9-16(3)26-21(30)20(17-12-10-15(2)11-13-17)28(7)22(31)18(14-19(25)29)27-23(32)33-24(4,5)6/h10-13,16,18,20H,8-9,14H2,1-7H3,(H2,25,29)(H,26,30)(H,27,32). The first-order valence-electron chi connectivity index (χ1n) is 11.2. The monoisotopic (exact) mass is 462 g/mol. The summed E-state index contributed by atoms with van der Waals surface area (Å²) in [4.78, 5) is 51.7. The molecule has 0 aliphatic rings. The summed E-state index contributed by atoms with van der Waals surface area (Å²) in [5.41, 5.74) is 6.13. The molecule has 0 saturated carbocycles. The molecule has 1 rings (SSSR count). The molecule has 0 aliphatic carbocycles. The molecule has 4 amide bonds. The van der Waals surface area contributed by atoms with Crippen LogP contribution in [-0.4, -0.2) is 53.4 Å². The van der Waals surface area contributed by atoms with E-state index in [0.717, 1.165) is 18.4 Å². The number of aryl methyl sites for hydroxylation is 1. The molecular weight excluding hydrogens is 424 g/mol. The van der Waals surface area contributed by atoms with Gasteiger partial charge in [-0.2, -0.15) is 0 Å². The molecule has 0 spiro atoms. The van der Waals surface area contributed by atoms with Crippen LogP contribution < -0.4 is 16.4 Å². The Morgan fingerprint density at radius 2 is 1.67 bits per heavy atom. The number of hydrogen-bond acceptors (Lipinski definition) is 5. The Hall–Kier alpha value is -3.10. The molecule has 184 valence electrons. The number of ether oxygens (including phenoxy) is 1. The van der Waals surface area contributed by atoms with Crippen LogP contribution in [0.2, 0.25) is 0 Å². The van der Waals surface area contributed by atoms with Crippen LogP contribution in [0.5, 0.6) is 0 Å². The van der Waals surface area contributed by atoms with Crippen molar-refractivity contribution in [2.75, 3.05) is 7.05 Å². The highest BCUT2D eigenvalue weighted by molar-refractivity contribution is 5.94. The third-order valence-corrected chi connectivity index (χ3v) is 4.88. The number of nitrogens with zero attached hydrogens (tertiary/aromatic N) is 1. The van der Waals surface area contributed by atoms with Gasteiger partial charge in [-0.05, 0) is 46.6 Å². The van der Waals surface area contributed by atoms with E-state index < -0.39 is 42.0 Å². The summed E-state index contributed by atoms with van der Waals surface area (Å²) < 4.78 is 5.21. The molecule has 9 heteroatoms. The summed E-state index contributed by atoms with van der Waals surface area (Å²) in [6.45, 7) is 10.9. The number of nitrogens with two attached hydrogens (primary N) is 1. The molecule has 3 atom stereocenters. The quantitative estimate of drug-likeness (QED) is 0.492. The molecule has 4 N–H and O–H groups in total. The van der Waals surface area contributed by atoms with Crippen molar-refractivity contribution in [2.24, 2.45) is 5.73 Å². The highest BCUT2D eigenvalue weighted by atomic mass is 16.6. The second-order valence-corrected chi connectivity index (χ2v) is 9.33. The average Bonchev–Trinajstić information content (AvgIpc) is 2.66. The summed E-state index contributed by atoms with van der Waals surface area (Å²) in [5.74, 6) is -1.76. The number of amides is 4. The van der Waals surface area contributed by atoms with Crippen LogP contribution in [0.15, 0.2) is 24.3 Å². The van der Waals surface area contributed by atoms with Crippen molar-refractivity contribution in [3.8, 4) is 0 Å². The van der Waals surface area contributed by atoms with Crippen molar-refractivity contribution in [1.82, 2.24) is 15.5 Å². The first-order chi connectivity index (χ1) is 15.2. The van der Waals surface area contributed by atoms with Gasteiger partial charge in [0, 0.05) is 13.1 Å². The van der Waals surface area contributed by atoms with E-state index in [1.54, 1.807) is 32.9 Å². The Bertz CT molecular complexity index is 832. The number of nitrogens with one attached hydrogen (secondary N) is 2. The fraction of sp³-hybridized carbons (Fsp3) is 0.583. The number of rotatable bonds is 10. The number of benzene rings is 1. The smallest absolute Gasteiger partial charge is 0.408 e. The second kappa shape index (κ2) is 12.2. The molecule has 0 bridgehead atoms. The summed E-state index contributed by atoms with van der Waals surface area (Å²) in [5, 5.41) is 5.36. The van der Waals surface area contributed by atoms with E-state index in [9.17, 15) is 19.2 Å². The molecule has 0 fully saturated rings. The highest BCUT2D eigenvalue weighted by Gasteiger charge is 2.35. The molecule has 0 radical (unpaired) electrons. The summed E-state index contributed by atoms with van der Waals surface area (Å²) in [7, 11) is 1.46. The molecule has 0 heterocycles. The van der Waals surface area contributed by atoms with Gasteiger partial charge in [0.05, 0.1) is 6.42 Å². The molecule has 0 aliphatic heterocycles. The minimum absolute atomic E-state index is 0.0831. The van der Waals surface area contributed by atoms with E-state index in [4.69, 9.17) is 10.5 Å². The van der Waals surface area contributed by atoms with Gasteiger partial charge in [0.1, 0.15) is 17.7 Å². The fourth-order valence-electron chi connectivity index (χ4n) is 3.35. The van der Waals surface area contributed by atoms with E-state index in [-0.39, 0.29) is 11.9 Å². The number of hydrogen-bond donors (Lipinski definition) is 3. The van der Waals surface area contributed by atoms with Gasteiger partial charge in [-0.25, -0.2) is 4.79 Å². The largest absolute Gasteiger partial charge is 0.444 e. The Morgan fingerprint density at radius 3 is 2.15 bits per heavy atom. The third kappa shape index (κ3) is 9.51. The molecule has 1 aromatic carbocycles. The minimum atomic E-state index is -1.28. The maximum absolute atomic E-state index is 13.3. The fourth-order valence-corrected chi connectivity index (χ4v) is 3.35. The lowest BCUT2D eigenvalue weighted by Gasteiger charge is -2.32. The molecule has 1 aromatic rings. The predicted molar refractivity (Wildman–Crippen MR) is 126 cm³/mol. The molecule has 3 unspecified atom stereocenters. The van der Waals surface area contributed by atoms with E-state index in [1.807, 2.05) is 32.9 Å². The number of carbonyl (C=O) groups is 4. The van der Waals surface area contributed by atoms with Crippen LogP contribution >= 0.6 is 0 Å². The molecule has 9 nitrogen and oxygen atoms in total. The van der Waals surface area contributed by atoms with Crippen LogP contribution in [0, 0.1) is 6.92 Å². The van der Waals surface area contributed by atoms with Crippen LogP contribution in [0.3, 0.4) is 0 Å². The van der Waals surface area contributed by atoms with Crippen LogP contribution in [-0.2, 0) is 19.1 Å². The van der Waals surface area contributed by atoms with Crippen LogP contribution in [0.1, 0.15) is 71.0 Å². The molecule has 0 saturated heterocycles. The van der Waals surface area contributed by atoms with Gasteiger partial charge >= 0.3 is 6.09 Å². The highest BCUT2D eigenvalue weighted by Crippen LogP contribution is 2.22. The van der Waals surface area contributed by atoms with Gasteiger partial charge in [0.25, 0.3) is 0 Å². The van der Waals surface area contributed by atoms with Crippen molar-refractivity contribution in [1.29, 1.82) is 0 Å². The predicted octanol–water partition coefficient (Wildman–Crippen LogP) is 2.57. The Balaban J connectivity index is 3.24. The topological polar surface area (TPSA) is 131 Å². The Labute approximate surface area is 196 Å². The first kappa shape index (κ1) is 27.9. The maximum Gasteiger partial charge on any atom is 0.408 e. The lowest BCUT2D eigenvalue weighted by atomic mass is 10.0. The van der Waals surface area contributed by atoms with Gasteiger partial charge in [0.15, 0.2) is 0 Å². The van der Waals surface area contributed by atoms with Gasteiger partial charge in [-0.15, -0.1) is 0 Å². The van der Waals surface area contributed by atoms with Crippen LogP contribution in [0.25, 0.3) is 0 Å². The summed E-state index contributed by atoms with van der Waals surface area (Å²) in [6.07, 6.45) is 0.389. The first-order valence-corrected chi connectivity index (χ1v) is 11.2. The SMILES string of the molecule is CCCC(C)NC(=O)C(c1ccc(C)cc1)N(C)C(=O)C(CC(N)=O)NC(=O)OC(C)(C)C. The van der Waals surface area contributed by atoms with Crippen molar-refractivity contribution >= 4 is 23.8 Å². The van der Waals surface area contributed by atoms with Crippen molar-refractivity contribution < 1.29 is 23.9 Å². The average molecular weight is 463 g/mol. The zero-order valence-electron chi connectivity index (χ0n) is 20.7. The molecule has 33 heavy (non-hydrogen) atoms. The molecule has 0 aromatic heterocycles. The van der Waals surface area contributed by atoms with E-state index in [1.165, 1.54) is 11.9 Å². The third-order valence-electron chi connectivity index (χ3n) is 4.88. The summed E-state index contributed by atoms with van der Waals surface area (Å²) >= 11 is 0. The summed E-state index contributed by atoms with van der Waals surface area (Å²) in [6, 6.07) is 4.92. The Morgan fingerprint density at radius 1 is 1.09 bits per heavy atom. The van der Waals surface area contributed by atoms with E-state index >= 15 is 0 Å². The Kier molecular flexibility index (Phi) is 10.3. The van der Waals surface area contributed by atoms with Crippen molar-refractivity contribution in [3.63, 3.8) is 0 Å². The minimum Gasteiger partial charge on any atom is -0.444 e. The molecular formula is C24H38N4O5. The number of carbonyl (C=O) groups excluding carboxylic acids is 4. The van der Waals surface area contributed by atoms with Gasteiger partial charge in [-0.3, -0.25) is 14.4 Å². The van der Waals surface area contributed by atoms with Crippen molar-refractivity contribution in [2.45, 2.75) is 84.5 Å². The maximum atomic E-state index is 13.3. The number of primary amides is 1. The van der Waals surface area contributed by atoms with Gasteiger partial charge in [0.2, 0.25) is 17.7 Å². The van der Waals surface area contributed by atoms with E-state index in [2.05, 4.69) is 10.6 Å².